The molecule has 2 rings (SSSR count). The first-order valence-electron chi connectivity index (χ1n) is 4.33. The second-order valence-electron chi connectivity index (χ2n) is 3.00. The summed E-state index contributed by atoms with van der Waals surface area (Å²) in [5.74, 6) is -0.467. The minimum atomic E-state index is -0.467. The third-order valence-electron chi connectivity index (χ3n) is 2.10. The maximum atomic E-state index is 11.1. The standard InChI is InChI=1S/C9H10N2O3/c1-13-9(12)8-4-6-5-14-3-2-7(6)10-11-8/h4H,2-3,5H2,1H3. The number of rotatable bonds is 1. The summed E-state index contributed by atoms with van der Waals surface area (Å²) in [5.41, 5.74) is 2.06. The van der Waals surface area contributed by atoms with Crippen LogP contribution in [0.5, 0.6) is 0 Å². The van der Waals surface area contributed by atoms with Gasteiger partial charge in [0, 0.05) is 12.0 Å². The average molecular weight is 194 g/mol. The van der Waals surface area contributed by atoms with Crippen LogP contribution in [0.15, 0.2) is 6.07 Å². The van der Waals surface area contributed by atoms with Crippen molar-refractivity contribution in [3.8, 4) is 0 Å². The highest BCUT2D eigenvalue weighted by Gasteiger charge is 2.15. The monoisotopic (exact) mass is 194 g/mol. The molecule has 1 aliphatic rings. The van der Waals surface area contributed by atoms with Crippen LogP contribution in [-0.2, 0) is 22.5 Å². The topological polar surface area (TPSA) is 61.3 Å². The van der Waals surface area contributed by atoms with Crippen LogP contribution >= 0.6 is 0 Å². The summed E-state index contributed by atoms with van der Waals surface area (Å²) in [6, 6.07) is 1.67. The van der Waals surface area contributed by atoms with Crippen LogP contribution in [0, 0.1) is 0 Å². The van der Waals surface area contributed by atoms with Crippen molar-refractivity contribution in [3.63, 3.8) is 0 Å². The van der Waals surface area contributed by atoms with Crippen molar-refractivity contribution in [2.45, 2.75) is 13.0 Å². The van der Waals surface area contributed by atoms with Crippen LogP contribution in [0.1, 0.15) is 21.7 Å². The zero-order chi connectivity index (χ0) is 9.97. The zero-order valence-electron chi connectivity index (χ0n) is 7.82. The van der Waals surface area contributed by atoms with E-state index in [9.17, 15) is 4.79 Å². The largest absolute Gasteiger partial charge is 0.464 e. The molecule has 14 heavy (non-hydrogen) atoms. The van der Waals surface area contributed by atoms with Crippen LogP contribution in [0.4, 0.5) is 0 Å². The van der Waals surface area contributed by atoms with Gasteiger partial charge >= 0.3 is 5.97 Å². The van der Waals surface area contributed by atoms with Crippen molar-refractivity contribution in [2.75, 3.05) is 13.7 Å². The van der Waals surface area contributed by atoms with Gasteiger partial charge in [-0.25, -0.2) is 4.79 Å². The van der Waals surface area contributed by atoms with Crippen molar-refractivity contribution in [1.29, 1.82) is 0 Å². The Morgan fingerprint density at radius 2 is 2.43 bits per heavy atom. The van der Waals surface area contributed by atoms with Gasteiger partial charge in [-0.3, -0.25) is 0 Å². The van der Waals surface area contributed by atoms with Crippen molar-refractivity contribution < 1.29 is 14.3 Å². The molecule has 1 aromatic rings. The number of carbonyl (C=O) groups excluding carboxylic acids is 1. The molecule has 0 atom stereocenters. The number of esters is 1. The minimum Gasteiger partial charge on any atom is -0.464 e. The normalized spacial score (nSPS) is 14.6. The average Bonchev–Trinajstić information content (AvgIpc) is 2.27. The Kier molecular flexibility index (Phi) is 2.41. The van der Waals surface area contributed by atoms with E-state index in [1.54, 1.807) is 6.07 Å². The molecule has 0 saturated carbocycles. The maximum absolute atomic E-state index is 11.1. The fourth-order valence-electron chi connectivity index (χ4n) is 1.35. The van der Waals surface area contributed by atoms with Crippen LogP contribution in [-0.4, -0.2) is 29.9 Å². The first-order valence-corrected chi connectivity index (χ1v) is 4.33. The molecule has 0 N–H and O–H groups in total. The van der Waals surface area contributed by atoms with E-state index in [0.29, 0.717) is 13.2 Å². The van der Waals surface area contributed by atoms with Crippen molar-refractivity contribution >= 4 is 5.97 Å². The highest BCUT2D eigenvalue weighted by molar-refractivity contribution is 5.87. The smallest absolute Gasteiger partial charge is 0.358 e. The van der Waals surface area contributed by atoms with Gasteiger partial charge in [-0.2, -0.15) is 5.10 Å². The quantitative estimate of drug-likeness (QED) is 0.603. The third-order valence-corrected chi connectivity index (χ3v) is 2.10. The summed E-state index contributed by atoms with van der Waals surface area (Å²) in [6.07, 6.45) is 0.754. The van der Waals surface area contributed by atoms with Gasteiger partial charge in [-0.1, -0.05) is 0 Å². The molecule has 0 aromatic carbocycles. The summed E-state index contributed by atoms with van der Waals surface area (Å²) in [5, 5.41) is 7.74. The molecular weight excluding hydrogens is 184 g/mol. The Labute approximate surface area is 81.0 Å². The summed E-state index contributed by atoms with van der Waals surface area (Å²) in [6.45, 7) is 1.16. The minimum absolute atomic E-state index is 0.233. The lowest BCUT2D eigenvalue weighted by Crippen LogP contribution is -2.15. The number of carbonyl (C=O) groups is 1. The van der Waals surface area contributed by atoms with Crippen LogP contribution in [0.2, 0.25) is 0 Å². The molecule has 0 unspecified atom stereocenters. The summed E-state index contributed by atoms with van der Waals surface area (Å²) in [4.78, 5) is 11.1. The molecular formula is C9H10N2O3. The molecule has 0 saturated heterocycles. The van der Waals surface area contributed by atoms with Gasteiger partial charge in [0.05, 0.1) is 26.0 Å². The van der Waals surface area contributed by atoms with E-state index >= 15 is 0 Å². The molecule has 2 heterocycles. The Hall–Kier alpha value is -1.49. The van der Waals surface area contributed by atoms with E-state index in [4.69, 9.17) is 4.74 Å². The number of aromatic nitrogens is 2. The molecule has 5 heteroatoms. The lowest BCUT2D eigenvalue weighted by Gasteiger charge is -2.14. The second kappa shape index (κ2) is 3.71. The fourth-order valence-corrected chi connectivity index (χ4v) is 1.35. The zero-order valence-corrected chi connectivity index (χ0v) is 7.82. The first kappa shape index (κ1) is 9.08. The predicted molar refractivity (Wildman–Crippen MR) is 46.7 cm³/mol. The molecule has 0 bridgehead atoms. The molecule has 0 aliphatic carbocycles. The highest BCUT2D eigenvalue weighted by atomic mass is 16.5. The van der Waals surface area contributed by atoms with Crippen molar-refractivity contribution in [3.05, 3.63) is 23.0 Å². The van der Waals surface area contributed by atoms with Gasteiger partial charge < -0.3 is 9.47 Å². The van der Waals surface area contributed by atoms with E-state index in [1.165, 1.54) is 7.11 Å². The summed E-state index contributed by atoms with van der Waals surface area (Å²) in [7, 11) is 1.32. The highest BCUT2D eigenvalue weighted by Crippen LogP contribution is 2.14. The molecule has 0 radical (unpaired) electrons. The predicted octanol–water partition coefficient (Wildman–Crippen LogP) is 0.336. The summed E-state index contributed by atoms with van der Waals surface area (Å²) >= 11 is 0. The van der Waals surface area contributed by atoms with Gasteiger partial charge in [-0.15, -0.1) is 5.10 Å². The van der Waals surface area contributed by atoms with Crippen LogP contribution < -0.4 is 0 Å². The van der Waals surface area contributed by atoms with E-state index in [-0.39, 0.29) is 5.69 Å². The van der Waals surface area contributed by atoms with Crippen LogP contribution in [0.3, 0.4) is 0 Å². The molecule has 1 aromatic heterocycles. The van der Waals surface area contributed by atoms with E-state index in [2.05, 4.69) is 14.9 Å². The summed E-state index contributed by atoms with van der Waals surface area (Å²) < 4.78 is 9.79. The number of ether oxygens (including phenoxy) is 2. The lowest BCUT2D eigenvalue weighted by molar-refractivity contribution is 0.0591. The Morgan fingerprint density at radius 3 is 3.21 bits per heavy atom. The third kappa shape index (κ3) is 1.58. The number of hydrogen-bond acceptors (Lipinski definition) is 5. The van der Waals surface area contributed by atoms with Crippen molar-refractivity contribution in [2.24, 2.45) is 0 Å². The van der Waals surface area contributed by atoms with E-state index in [1.807, 2.05) is 0 Å². The van der Waals surface area contributed by atoms with Gasteiger partial charge in [0.1, 0.15) is 0 Å². The van der Waals surface area contributed by atoms with Crippen LogP contribution in [0.25, 0.3) is 0 Å². The first-order chi connectivity index (χ1) is 6.81. The maximum Gasteiger partial charge on any atom is 0.358 e. The number of fused-ring (bicyclic) bond motifs is 1. The van der Waals surface area contributed by atoms with Crippen molar-refractivity contribution in [1.82, 2.24) is 10.2 Å². The molecule has 0 amide bonds. The Morgan fingerprint density at radius 1 is 1.57 bits per heavy atom. The van der Waals surface area contributed by atoms with E-state index < -0.39 is 5.97 Å². The van der Waals surface area contributed by atoms with E-state index in [0.717, 1.165) is 17.7 Å². The Balaban J connectivity index is 2.33. The van der Waals surface area contributed by atoms with Gasteiger partial charge in [-0.05, 0) is 6.07 Å². The number of hydrogen-bond donors (Lipinski definition) is 0. The molecule has 5 nitrogen and oxygen atoms in total. The second-order valence-corrected chi connectivity index (χ2v) is 3.00. The lowest BCUT2D eigenvalue weighted by atomic mass is 10.1. The SMILES string of the molecule is COC(=O)c1cc2c(nn1)CCOC2. The fraction of sp³-hybridized carbons (Fsp3) is 0.444. The molecule has 74 valence electrons. The molecule has 0 fully saturated rings. The number of methoxy groups -OCH3 is 1. The van der Waals surface area contributed by atoms with Gasteiger partial charge in [0.15, 0.2) is 5.69 Å². The van der Waals surface area contributed by atoms with Gasteiger partial charge in [0.2, 0.25) is 0 Å². The molecule has 1 aliphatic heterocycles. The van der Waals surface area contributed by atoms with Gasteiger partial charge in [0.25, 0.3) is 0 Å². The Bertz CT molecular complexity index is 365. The number of nitrogens with zero attached hydrogens (tertiary/aromatic N) is 2. The molecule has 0 spiro atoms.